The number of nitrogens with one attached hydrogen (secondary N) is 3. The molecule has 1 aromatic carbocycles. The average Bonchev–Trinajstić information content (AvgIpc) is 3.20. The van der Waals surface area contributed by atoms with Crippen LogP contribution in [0.3, 0.4) is 0 Å². The van der Waals surface area contributed by atoms with Crippen molar-refractivity contribution in [2.24, 2.45) is 0 Å². The lowest BCUT2D eigenvalue weighted by Gasteiger charge is -2.19. The molecule has 2 aromatic rings. The Kier molecular flexibility index (Phi) is 8.39. The predicted octanol–water partition coefficient (Wildman–Crippen LogP) is 4.20. The third kappa shape index (κ3) is 8.08. The van der Waals surface area contributed by atoms with E-state index in [1.807, 2.05) is 18.6 Å². The van der Waals surface area contributed by atoms with Crippen LogP contribution in [-0.4, -0.2) is 48.3 Å². The first kappa shape index (κ1) is 27.2. The van der Waals surface area contributed by atoms with Crippen LogP contribution in [0.1, 0.15) is 65.5 Å². The fourth-order valence-corrected chi connectivity index (χ4v) is 4.62. The van der Waals surface area contributed by atoms with Crippen molar-refractivity contribution in [1.29, 1.82) is 0 Å². The lowest BCUT2D eigenvalue weighted by atomic mass is 10.0. The Balaban J connectivity index is 1.55. The molecule has 1 aliphatic rings. The lowest BCUT2D eigenvalue weighted by molar-refractivity contribution is 0.0570. The summed E-state index contributed by atoms with van der Waals surface area (Å²) in [5.74, 6) is 0.687. The minimum absolute atomic E-state index is 0.0421. The largest absolute Gasteiger partial charge is 0.447 e. The van der Waals surface area contributed by atoms with E-state index in [1.165, 1.54) is 12.1 Å². The van der Waals surface area contributed by atoms with Crippen molar-refractivity contribution in [3.8, 4) is 0 Å². The van der Waals surface area contributed by atoms with Crippen molar-refractivity contribution >= 4 is 33.7 Å². The molecule has 0 unspecified atom stereocenters. The Morgan fingerprint density at radius 3 is 2.31 bits per heavy atom. The van der Waals surface area contributed by atoms with Gasteiger partial charge in [-0.15, -0.1) is 0 Å². The molecular formula is C24H33N5O6S. The van der Waals surface area contributed by atoms with Gasteiger partial charge in [0.2, 0.25) is 0 Å². The van der Waals surface area contributed by atoms with Gasteiger partial charge in [-0.2, -0.15) is 0 Å². The molecule has 1 fully saturated rings. The second-order valence-corrected chi connectivity index (χ2v) is 11.6. The van der Waals surface area contributed by atoms with Crippen LogP contribution in [0.15, 0.2) is 41.6 Å². The van der Waals surface area contributed by atoms with Gasteiger partial charge in [0.1, 0.15) is 11.4 Å². The minimum atomic E-state index is -4.07. The number of carbonyl (C=O) groups excluding carboxylic acids is 2. The van der Waals surface area contributed by atoms with Crippen molar-refractivity contribution < 1.29 is 27.5 Å². The van der Waals surface area contributed by atoms with Crippen LogP contribution in [0, 0.1) is 0 Å². The smallest absolute Gasteiger partial charge is 0.421 e. The van der Waals surface area contributed by atoms with Crippen molar-refractivity contribution in [1.82, 2.24) is 20.0 Å². The Bertz CT molecular complexity index is 1160. The van der Waals surface area contributed by atoms with E-state index in [9.17, 15) is 18.0 Å². The SMILES string of the molecule is CC(C)OC(=O)N[C@H]1CC[C@@H](c2cnc(Nc3ccc(S(=O)(=O)NC(=O)OC(C)(C)C)cc3)cn2)C1. The quantitative estimate of drug-likeness (QED) is 0.489. The second-order valence-electron chi connectivity index (χ2n) is 9.89. The molecule has 0 saturated heterocycles. The second kappa shape index (κ2) is 11.1. The number of amides is 2. The van der Waals surface area contributed by atoms with Gasteiger partial charge in [-0.3, -0.25) is 4.98 Å². The number of hydrogen-bond donors (Lipinski definition) is 3. The highest BCUT2D eigenvalue weighted by Gasteiger charge is 2.29. The van der Waals surface area contributed by atoms with E-state index in [1.54, 1.807) is 45.3 Å². The standard InChI is InChI=1S/C24H33N5O6S/c1-15(2)34-22(30)28-18-7-6-16(12-18)20-13-26-21(14-25-20)27-17-8-10-19(11-9-17)36(32,33)29-23(31)35-24(3,4)5/h8-11,13-16,18H,6-7,12H2,1-5H3,(H,26,27)(H,28,30)(H,29,31)/t16-,18+/m1/s1. The van der Waals surface area contributed by atoms with Gasteiger partial charge in [0.25, 0.3) is 10.0 Å². The zero-order valence-corrected chi connectivity index (χ0v) is 21.9. The highest BCUT2D eigenvalue weighted by molar-refractivity contribution is 7.90. The number of nitrogens with zero attached hydrogens (tertiary/aromatic N) is 2. The number of ether oxygens (including phenoxy) is 2. The fraction of sp³-hybridized carbons (Fsp3) is 0.500. The van der Waals surface area contributed by atoms with Crippen LogP contribution in [0.25, 0.3) is 0 Å². The van der Waals surface area contributed by atoms with E-state index < -0.39 is 27.8 Å². The molecule has 12 heteroatoms. The highest BCUT2D eigenvalue weighted by atomic mass is 32.2. The van der Waals surface area contributed by atoms with Crippen LogP contribution >= 0.6 is 0 Å². The molecule has 0 aliphatic heterocycles. The van der Waals surface area contributed by atoms with Gasteiger partial charge in [-0.1, -0.05) is 0 Å². The van der Waals surface area contributed by atoms with Gasteiger partial charge in [-0.25, -0.2) is 27.7 Å². The molecule has 0 spiro atoms. The number of benzene rings is 1. The maximum atomic E-state index is 12.4. The molecule has 2 amide bonds. The first-order chi connectivity index (χ1) is 16.8. The Hall–Kier alpha value is -3.41. The molecule has 1 saturated carbocycles. The van der Waals surface area contributed by atoms with E-state index in [-0.39, 0.29) is 23.0 Å². The summed E-state index contributed by atoms with van der Waals surface area (Å²) in [6.07, 6.45) is 4.20. The fourth-order valence-electron chi connectivity index (χ4n) is 3.74. The minimum Gasteiger partial charge on any atom is -0.447 e. The summed E-state index contributed by atoms with van der Waals surface area (Å²) in [5, 5.41) is 5.97. The van der Waals surface area contributed by atoms with Crippen molar-refractivity contribution in [2.45, 2.75) is 82.4 Å². The van der Waals surface area contributed by atoms with Crippen LogP contribution in [0.2, 0.25) is 0 Å². The number of hydrogen-bond acceptors (Lipinski definition) is 9. The van der Waals surface area contributed by atoms with Gasteiger partial charge < -0.3 is 20.1 Å². The van der Waals surface area contributed by atoms with Crippen LogP contribution < -0.4 is 15.4 Å². The summed E-state index contributed by atoms with van der Waals surface area (Å²) in [4.78, 5) is 32.5. The summed E-state index contributed by atoms with van der Waals surface area (Å²) >= 11 is 0. The first-order valence-corrected chi connectivity index (χ1v) is 13.2. The Morgan fingerprint density at radius 2 is 1.72 bits per heavy atom. The maximum Gasteiger partial charge on any atom is 0.421 e. The Morgan fingerprint density at radius 1 is 1.03 bits per heavy atom. The van der Waals surface area contributed by atoms with Crippen molar-refractivity contribution in [3.63, 3.8) is 0 Å². The third-order valence-corrected chi connectivity index (χ3v) is 6.57. The molecule has 0 radical (unpaired) electrons. The van der Waals surface area contributed by atoms with Crippen molar-refractivity contribution in [2.75, 3.05) is 5.32 Å². The summed E-state index contributed by atoms with van der Waals surface area (Å²) in [6.45, 7) is 8.54. The normalized spacial score (nSPS) is 17.9. The molecule has 196 valence electrons. The molecule has 3 N–H and O–H groups in total. The molecule has 36 heavy (non-hydrogen) atoms. The topological polar surface area (TPSA) is 149 Å². The molecular weight excluding hydrogens is 486 g/mol. The first-order valence-electron chi connectivity index (χ1n) is 11.7. The number of aromatic nitrogens is 2. The van der Waals surface area contributed by atoms with Gasteiger partial charge >= 0.3 is 12.2 Å². The zero-order valence-electron chi connectivity index (χ0n) is 21.1. The van der Waals surface area contributed by atoms with Crippen LogP contribution in [-0.2, 0) is 19.5 Å². The molecule has 0 bridgehead atoms. The van der Waals surface area contributed by atoms with E-state index in [4.69, 9.17) is 9.47 Å². The number of carbonyl (C=O) groups is 2. The van der Waals surface area contributed by atoms with E-state index in [0.29, 0.717) is 11.5 Å². The van der Waals surface area contributed by atoms with Crippen LogP contribution in [0.5, 0.6) is 0 Å². The summed E-state index contributed by atoms with van der Waals surface area (Å²) < 4.78 is 36.8. The molecule has 1 aromatic heterocycles. The average molecular weight is 520 g/mol. The van der Waals surface area contributed by atoms with E-state index in [0.717, 1.165) is 25.0 Å². The zero-order chi connectivity index (χ0) is 26.5. The van der Waals surface area contributed by atoms with Gasteiger partial charge in [0.15, 0.2) is 0 Å². The third-order valence-electron chi connectivity index (χ3n) is 5.24. The van der Waals surface area contributed by atoms with E-state index >= 15 is 0 Å². The summed E-state index contributed by atoms with van der Waals surface area (Å²) in [5.41, 5.74) is 0.626. The molecule has 1 heterocycles. The number of sulfonamides is 1. The van der Waals surface area contributed by atoms with E-state index in [2.05, 4.69) is 20.6 Å². The van der Waals surface area contributed by atoms with Crippen LogP contribution in [0.4, 0.5) is 21.1 Å². The number of anilines is 2. The molecule has 11 nitrogen and oxygen atoms in total. The Labute approximate surface area is 211 Å². The summed E-state index contributed by atoms with van der Waals surface area (Å²) in [7, 11) is -4.07. The molecule has 3 rings (SSSR count). The van der Waals surface area contributed by atoms with Gasteiger partial charge in [-0.05, 0) is 78.1 Å². The summed E-state index contributed by atoms with van der Waals surface area (Å²) in [6, 6.07) is 5.89. The number of alkyl carbamates (subject to hydrolysis) is 1. The number of rotatable bonds is 7. The molecule has 2 atom stereocenters. The van der Waals surface area contributed by atoms with Gasteiger partial charge in [0.05, 0.1) is 29.1 Å². The van der Waals surface area contributed by atoms with Crippen molar-refractivity contribution in [3.05, 3.63) is 42.4 Å². The monoisotopic (exact) mass is 519 g/mol. The van der Waals surface area contributed by atoms with Gasteiger partial charge in [0, 0.05) is 17.6 Å². The lowest BCUT2D eigenvalue weighted by Crippen LogP contribution is -2.36. The maximum absolute atomic E-state index is 12.4. The highest BCUT2D eigenvalue weighted by Crippen LogP contribution is 2.33. The molecule has 1 aliphatic carbocycles. The predicted molar refractivity (Wildman–Crippen MR) is 133 cm³/mol.